The largest absolute Gasteiger partial charge is 0.469 e. The Morgan fingerprint density at radius 2 is 2.15 bits per heavy atom. The number of aromatic amines is 1. The highest BCUT2D eigenvalue weighted by molar-refractivity contribution is 5.85. The number of H-pyrrole nitrogens is 1. The van der Waals surface area contributed by atoms with Crippen molar-refractivity contribution in [2.45, 2.75) is 37.8 Å². The third kappa shape index (κ3) is 2.33. The first-order chi connectivity index (χ1) is 12.7. The van der Waals surface area contributed by atoms with E-state index in [4.69, 9.17) is 4.74 Å². The second-order valence-corrected chi connectivity index (χ2v) is 8.33. The van der Waals surface area contributed by atoms with Gasteiger partial charge < -0.3 is 19.7 Å². The quantitative estimate of drug-likeness (QED) is 0.674. The monoisotopic (exact) mass is 355 g/mol. The lowest BCUT2D eigenvalue weighted by Gasteiger charge is -2.48. The molecule has 0 radical (unpaired) electrons. The number of aromatic nitrogens is 1. The second kappa shape index (κ2) is 6.10. The highest BCUT2D eigenvalue weighted by Crippen LogP contribution is 2.43. The molecule has 1 saturated heterocycles. The number of carbonyl (C=O) groups is 1. The Bertz CT molecular complexity index is 845. The van der Waals surface area contributed by atoms with E-state index in [9.17, 15) is 9.90 Å². The summed E-state index contributed by atoms with van der Waals surface area (Å²) >= 11 is 0. The molecule has 5 heteroatoms. The van der Waals surface area contributed by atoms with Crippen LogP contribution in [0.1, 0.15) is 36.6 Å². The van der Waals surface area contributed by atoms with Gasteiger partial charge in [0.25, 0.3) is 0 Å². The fraction of sp³-hybridized carbons (Fsp3) is 0.571. The number of methoxy groups -OCH3 is 1. The number of para-hydroxylation sites is 1. The van der Waals surface area contributed by atoms with Gasteiger partial charge in [-0.1, -0.05) is 18.2 Å². The minimum Gasteiger partial charge on any atom is -0.469 e. The molecule has 0 spiro atoms. The van der Waals surface area contributed by atoms with Gasteiger partial charge in [-0.2, -0.15) is 0 Å². The number of esters is 1. The van der Waals surface area contributed by atoms with Crippen LogP contribution in [0.5, 0.6) is 0 Å². The Hall–Kier alpha value is -1.85. The van der Waals surface area contributed by atoms with Crippen molar-refractivity contribution in [3.8, 4) is 0 Å². The van der Waals surface area contributed by atoms with Gasteiger partial charge in [-0.05, 0) is 30.4 Å². The van der Waals surface area contributed by atoms with E-state index in [1.54, 1.807) is 4.90 Å². The van der Waals surface area contributed by atoms with Gasteiger partial charge in [0.15, 0.2) is 0 Å². The Morgan fingerprint density at radius 1 is 1.31 bits per heavy atom. The molecule has 26 heavy (non-hydrogen) atoms. The van der Waals surface area contributed by atoms with E-state index in [0.29, 0.717) is 12.0 Å². The van der Waals surface area contributed by atoms with Crippen LogP contribution in [-0.4, -0.2) is 42.4 Å². The first-order valence-corrected chi connectivity index (χ1v) is 9.87. The summed E-state index contributed by atoms with van der Waals surface area (Å²) in [6.07, 6.45) is 3.25. The van der Waals surface area contributed by atoms with Crippen molar-refractivity contribution < 1.29 is 19.5 Å². The molecule has 1 saturated carbocycles. The predicted octanol–water partition coefficient (Wildman–Crippen LogP) is 1.23. The first kappa shape index (κ1) is 16.3. The van der Waals surface area contributed by atoms with Crippen LogP contribution in [-0.2, 0) is 16.0 Å². The van der Waals surface area contributed by atoms with Gasteiger partial charge in [-0.25, -0.2) is 0 Å². The van der Waals surface area contributed by atoms with Gasteiger partial charge in [0, 0.05) is 29.7 Å². The van der Waals surface area contributed by atoms with Gasteiger partial charge in [0.05, 0.1) is 37.9 Å². The molecule has 5 nitrogen and oxygen atoms in total. The Labute approximate surface area is 153 Å². The third-order valence-corrected chi connectivity index (χ3v) is 7.20. The van der Waals surface area contributed by atoms with Crippen LogP contribution in [0.4, 0.5) is 0 Å². The Balaban J connectivity index is 1.52. The van der Waals surface area contributed by atoms with Crippen molar-refractivity contribution in [3.05, 3.63) is 35.5 Å². The molecule has 1 aromatic heterocycles. The summed E-state index contributed by atoms with van der Waals surface area (Å²) in [6.45, 7) is 2.26. The molecule has 0 amide bonds. The van der Waals surface area contributed by atoms with Gasteiger partial charge >= 0.3 is 5.97 Å². The lowest BCUT2D eigenvalue weighted by molar-refractivity contribution is -0.945. The Kier molecular flexibility index (Phi) is 3.83. The van der Waals surface area contributed by atoms with Crippen molar-refractivity contribution in [1.82, 2.24) is 4.98 Å². The number of aliphatic hydroxyl groups excluding tert-OH is 1. The van der Waals surface area contributed by atoms with E-state index < -0.39 is 6.10 Å². The molecule has 138 valence electrons. The van der Waals surface area contributed by atoms with Crippen LogP contribution in [0.15, 0.2) is 24.3 Å². The smallest absolute Gasteiger partial charge is 0.311 e. The summed E-state index contributed by atoms with van der Waals surface area (Å²) in [6, 6.07) is 8.95. The molecular weight excluding hydrogens is 328 g/mol. The molecule has 3 aliphatic rings. The van der Waals surface area contributed by atoms with Crippen LogP contribution in [0.3, 0.4) is 0 Å². The molecule has 0 bridgehead atoms. The zero-order chi connectivity index (χ0) is 17.8. The van der Waals surface area contributed by atoms with Crippen LogP contribution in [0, 0.1) is 17.8 Å². The van der Waals surface area contributed by atoms with Crippen molar-refractivity contribution >= 4 is 16.9 Å². The number of carbonyl (C=O) groups excluding carboxylic acids is 1. The van der Waals surface area contributed by atoms with E-state index in [1.807, 2.05) is 0 Å². The lowest BCUT2D eigenvalue weighted by atomic mass is 9.65. The van der Waals surface area contributed by atoms with E-state index >= 15 is 0 Å². The maximum Gasteiger partial charge on any atom is 0.311 e. The second-order valence-electron chi connectivity index (χ2n) is 8.33. The number of hydrogen-bond acceptors (Lipinski definition) is 3. The highest BCUT2D eigenvalue weighted by Gasteiger charge is 2.51. The molecule has 3 N–H and O–H groups in total. The summed E-state index contributed by atoms with van der Waals surface area (Å²) in [5, 5.41) is 11.8. The molecule has 1 aromatic carbocycles. The SMILES string of the molecule is COC(=O)[C@@H]1[C@H]2C[C@@H]3c4[nH]c5ccccc5c4CC[NH+]3C[C@H]2CC[C@@H]1O. The van der Waals surface area contributed by atoms with Gasteiger partial charge in [0.1, 0.15) is 6.04 Å². The van der Waals surface area contributed by atoms with Crippen LogP contribution in [0.2, 0.25) is 0 Å². The number of fused-ring (bicyclic) bond motifs is 6. The maximum atomic E-state index is 12.4. The van der Waals surface area contributed by atoms with Gasteiger partial charge in [-0.3, -0.25) is 4.79 Å². The number of piperidine rings is 1. The standard InChI is InChI=1S/C21H26N2O3/c1-26-21(25)19-15-10-17-20-14(13-4-2-3-5-16(13)22-20)8-9-23(17)11-12(15)6-7-18(19)24/h2-5,12,15,17-19,22,24H,6-11H2,1H3/p+1/t12-,15+,17-,18+,19-/m1/s1. The number of benzene rings is 1. The van der Waals surface area contributed by atoms with Crippen LogP contribution >= 0.6 is 0 Å². The molecule has 3 heterocycles. The van der Waals surface area contributed by atoms with Gasteiger partial charge in [-0.15, -0.1) is 0 Å². The first-order valence-electron chi connectivity index (χ1n) is 9.87. The van der Waals surface area contributed by atoms with Crippen LogP contribution in [0.25, 0.3) is 10.9 Å². The molecule has 6 atom stereocenters. The molecule has 1 unspecified atom stereocenters. The topological polar surface area (TPSA) is 66.8 Å². The fourth-order valence-corrected chi connectivity index (χ4v) is 6.01. The highest BCUT2D eigenvalue weighted by atomic mass is 16.5. The zero-order valence-corrected chi connectivity index (χ0v) is 15.2. The summed E-state index contributed by atoms with van der Waals surface area (Å²) < 4.78 is 5.05. The van der Waals surface area contributed by atoms with E-state index in [-0.39, 0.29) is 17.8 Å². The predicted molar refractivity (Wildman–Crippen MR) is 97.8 cm³/mol. The number of hydrogen-bond donors (Lipinski definition) is 3. The molecule has 1 aliphatic carbocycles. The normalized spacial score (nSPS) is 36.1. The van der Waals surface area contributed by atoms with Crippen molar-refractivity contribution in [2.24, 2.45) is 17.8 Å². The van der Waals surface area contributed by atoms with E-state index in [0.717, 1.165) is 38.8 Å². The minimum atomic E-state index is -0.559. The average Bonchev–Trinajstić information content (AvgIpc) is 3.05. The van der Waals surface area contributed by atoms with Gasteiger partial charge in [0.2, 0.25) is 0 Å². The summed E-state index contributed by atoms with van der Waals surface area (Å²) in [7, 11) is 1.44. The number of rotatable bonds is 1. The Morgan fingerprint density at radius 3 is 3.00 bits per heavy atom. The number of aliphatic hydroxyl groups is 1. The fourth-order valence-electron chi connectivity index (χ4n) is 6.01. The maximum absolute atomic E-state index is 12.4. The number of nitrogens with one attached hydrogen (secondary N) is 2. The number of quaternary nitrogens is 1. The molecule has 2 aromatic rings. The average molecular weight is 355 g/mol. The van der Waals surface area contributed by atoms with Crippen LogP contribution < -0.4 is 4.90 Å². The van der Waals surface area contributed by atoms with Crippen molar-refractivity contribution in [2.75, 3.05) is 20.2 Å². The molecule has 2 aliphatic heterocycles. The molecule has 2 fully saturated rings. The summed E-state index contributed by atoms with van der Waals surface area (Å²) in [5.74, 6) is 0.135. The zero-order valence-electron chi connectivity index (χ0n) is 15.2. The minimum absolute atomic E-state index is 0.220. The van der Waals surface area contributed by atoms with Crippen molar-refractivity contribution in [3.63, 3.8) is 0 Å². The van der Waals surface area contributed by atoms with E-state index in [1.165, 1.54) is 29.3 Å². The summed E-state index contributed by atoms with van der Waals surface area (Å²) in [4.78, 5) is 17.7. The molecule has 5 rings (SSSR count). The third-order valence-electron chi connectivity index (χ3n) is 7.20. The molecular formula is C21H27N2O3+. The van der Waals surface area contributed by atoms with E-state index in [2.05, 4.69) is 29.2 Å². The summed E-state index contributed by atoms with van der Waals surface area (Å²) in [5.41, 5.74) is 4.03. The lowest BCUT2D eigenvalue weighted by Crippen LogP contribution is -3.15. The van der Waals surface area contributed by atoms with Crippen molar-refractivity contribution in [1.29, 1.82) is 0 Å². The number of ether oxygens (including phenoxy) is 1.